The molecule has 0 unspecified atom stereocenters. The average molecular weight is 452 g/mol. The van der Waals surface area contributed by atoms with Gasteiger partial charge in [-0.3, -0.25) is 35.1 Å². The molecule has 1 aromatic carbocycles. The van der Waals surface area contributed by atoms with Crippen molar-refractivity contribution in [2.24, 2.45) is 16.7 Å². The number of benzene rings is 1. The van der Waals surface area contributed by atoms with E-state index in [4.69, 9.17) is 16.3 Å². The van der Waals surface area contributed by atoms with Crippen molar-refractivity contribution in [3.8, 4) is 5.75 Å². The van der Waals surface area contributed by atoms with Crippen LogP contribution < -0.4 is 27.2 Å². The smallest absolute Gasteiger partial charge is 0.271 e. The van der Waals surface area contributed by atoms with Gasteiger partial charge in [0.15, 0.2) is 5.84 Å². The van der Waals surface area contributed by atoms with Crippen LogP contribution in [0, 0.1) is 10.1 Å². The molecule has 170 valence electrons. The number of amides is 2. The second-order valence-electron chi connectivity index (χ2n) is 6.03. The maximum atomic E-state index is 11.7. The fourth-order valence-electron chi connectivity index (χ4n) is 2.13. The van der Waals surface area contributed by atoms with Gasteiger partial charge in [-0.1, -0.05) is 0 Å². The molecular formula is C20H20N8O5. The first-order valence-corrected chi connectivity index (χ1v) is 9.21. The number of hydrazine groups is 1. The molecule has 33 heavy (non-hydrogen) atoms. The summed E-state index contributed by atoms with van der Waals surface area (Å²) in [6.45, 7) is -0.0750. The number of amidine groups is 1. The molecule has 0 aliphatic carbocycles. The quantitative estimate of drug-likeness (QED) is 0.0996. The summed E-state index contributed by atoms with van der Waals surface area (Å²) in [5.74, 6) is 4.60. The van der Waals surface area contributed by atoms with Crippen molar-refractivity contribution in [2.75, 3.05) is 6.61 Å². The summed E-state index contributed by atoms with van der Waals surface area (Å²) in [6, 6.07) is 11.8. The second-order valence-corrected chi connectivity index (χ2v) is 6.03. The number of rotatable bonds is 7. The molecule has 0 fully saturated rings. The molecule has 13 heteroatoms. The molecule has 2 amide bonds. The van der Waals surface area contributed by atoms with Crippen LogP contribution in [0.5, 0.6) is 5.75 Å². The number of hydrazone groups is 1. The van der Waals surface area contributed by atoms with Crippen molar-refractivity contribution in [1.82, 2.24) is 20.8 Å². The normalized spacial score (nSPS) is 10.3. The van der Waals surface area contributed by atoms with Gasteiger partial charge in [-0.05, 0) is 36.4 Å². The Labute approximate surface area is 187 Å². The third kappa shape index (κ3) is 8.39. The van der Waals surface area contributed by atoms with Gasteiger partial charge in [0.25, 0.3) is 17.5 Å². The molecule has 0 spiro atoms. The minimum Gasteiger partial charge on any atom is -0.486 e. The highest BCUT2D eigenvalue weighted by Gasteiger charge is 2.06. The Morgan fingerprint density at radius 1 is 0.939 bits per heavy atom. The summed E-state index contributed by atoms with van der Waals surface area (Å²) in [7, 11) is 0. The Kier molecular flexibility index (Phi) is 9.38. The van der Waals surface area contributed by atoms with E-state index in [0.29, 0.717) is 16.9 Å². The molecule has 0 aliphatic rings. The highest BCUT2D eigenvalue weighted by molar-refractivity contribution is 5.95. The summed E-state index contributed by atoms with van der Waals surface area (Å²) in [4.78, 5) is 40.0. The van der Waals surface area contributed by atoms with E-state index in [2.05, 4.69) is 20.5 Å². The van der Waals surface area contributed by atoms with Crippen molar-refractivity contribution < 1.29 is 19.2 Å². The predicted octanol–water partition coefficient (Wildman–Crippen LogP) is 0.756. The number of non-ortho nitro benzene ring substituents is 1. The SMILES string of the molecule is N/C(COc1ccc([N+](=O)[O-])cc1)=N/NC(=O)c1ccncc1.NNC(=O)c1ccncc1. The van der Waals surface area contributed by atoms with E-state index >= 15 is 0 Å². The Morgan fingerprint density at radius 2 is 1.45 bits per heavy atom. The standard InChI is InChI=1S/C14H13N5O4.C6H7N3O/c15-13(17-18-14(20)10-5-7-16-8-6-10)9-23-12-3-1-11(2-4-12)19(21)22;7-9-6(10)5-1-3-8-4-2-5/h1-8H,9H2,(H2,15,17)(H,18,20);1-4H,7H2,(H,9,10). The molecule has 3 aromatic rings. The lowest BCUT2D eigenvalue weighted by Gasteiger charge is -2.06. The summed E-state index contributed by atoms with van der Waals surface area (Å²) in [5, 5.41) is 14.2. The zero-order valence-corrected chi connectivity index (χ0v) is 17.1. The lowest BCUT2D eigenvalue weighted by atomic mass is 10.3. The van der Waals surface area contributed by atoms with Crippen molar-refractivity contribution in [3.05, 3.63) is 94.6 Å². The fraction of sp³-hybridized carbons (Fsp3) is 0.0500. The maximum Gasteiger partial charge on any atom is 0.271 e. The van der Waals surface area contributed by atoms with Gasteiger partial charge < -0.3 is 10.5 Å². The number of nitrogens with zero attached hydrogens (tertiary/aromatic N) is 4. The van der Waals surface area contributed by atoms with Crippen LogP contribution in [-0.4, -0.2) is 39.1 Å². The first-order chi connectivity index (χ1) is 15.9. The molecule has 0 saturated heterocycles. The Balaban J connectivity index is 0.000000321. The Morgan fingerprint density at radius 3 is 1.94 bits per heavy atom. The van der Waals surface area contributed by atoms with Gasteiger partial charge in [0.1, 0.15) is 12.4 Å². The van der Waals surface area contributed by atoms with E-state index in [0.717, 1.165) is 0 Å². The molecule has 3 rings (SSSR count). The van der Waals surface area contributed by atoms with Crippen LogP contribution in [0.25, 0.3) is 0 Å². The predicted molar refractivity (Wildman–Crippen MR) is 118 cm³/mol. The Bertz CT molecular complexity index is 1090. The molecule has 0 radical (unpaired) electrons. The summed E-state index contributed by atoms with van der Waals surface area (Å²) >= 11 is 0. The maximum absolute atomic E-state index is 11.7. The monoisotopic (exact) mass is 452 g/mol. The van der Waals surface area contributed by atoms with Crippen molar-refractivity contribution in [2.45, 2.75) is 0 Å². The third-order valence-corrected chi connectivity index (χ3v) is 3.75. The number of nitrogen functional groups attached to an aromatic ring is 1. The molecule has 0 bridgehead atoms. The van der Waals surface area contributed by atoms with Crippen LogP contribution in [0.3, 0.4) is 0 Å². The Hall–Kier alpha value is -4.91. The molecule has 0 aliphatic heterocycles. The summed E-state index contributed by atoms with van der Waals surface area (Å²) in [5.41, 5.74) is 10.8. The van der Waals surface area contributed by atoms with Crippen molar-refractivity contribution in [1.29, 1.82) is 0 Å². The van der Waals surface area contributed by atoms with Crippen LogP contribution >= 0.6 is 0 Å². The van der Waals surface area contributed by atoms with Crippen LogP contribution in [0.4, 0.5) is 5.69 Å². The molecular weight excluding hydrogens is 432 g/mol. The highest BCUT2D eigenvalue weighted by atomic mass is 16.6. The third-order valence-electron chi connectivity index (χ3n) is 3.75. The van der Waals surface area contributed by atoms with Gasteiger partial charge in [-0.2, -0.15) is 5.10 Å². The van der Waals surface area contributed by atoms with Crippen LogP contribution in [-0.2, 0) is 0 Å². The lowest BCUT2D eigenvalue weighted by Crippen LogP contribution is -2.29. The summed E-state index contributed by atoms with van der Waals surface area (Å²) < 4.78 is 5.30. The van der Waals surface area contributed by atoms with E-state index in [-0.39, 0.29) is 24.0 Å². The van der Waals surface area contributed by atoms with Crippen molar-refractivity contribution in [3.63, 3.8) is 0 Å². The van der Waals surface area contributed by atoms with Gasteiger partial charge in [0.05, 0.1) is 4.92 Å². The zero-order valence-electron chi connectivity index (χ0n) is 17.1. The van der Waals surface area contributed by atoms with E-state index in [9.17, 15) is 19.7 Å². The minimum atomic E-state index is -0.506. The van der Waals surface area contributed by atoms with E-state index in [1.54, 1.807) is 12.1 Å². The number of carbonyl (C=O) groups is 2. The second kappa shape index (κ2) is 12.7. The lowest BCUT2D eigenvalue weighted by molar-refractivity contribution is -0.384. The molecule has 0 atom stereocenters. The number of hydrogen-bond donors (Lipinski definition) is 4. The number of nitrogens with two attached hydrogens (primary N) is 2. The topological polar surface area (TPSA) is 201 Å². The van der Waals surface area contributed by atoms with Gasteiger partial charge in [-0.25, -0.2) is 11.3 Å². The minimum absolute atomic E-state index is 0.0383. The van der Waals surface area contributed by atoms with Crippen molar-refractivity contribution >= 4 is 23.3 Å². The number of pyridine rings is 2. The number of nitrogens with one attached hydrogen (secondary N) is 2. The first-order valence-electron chi connectivity index (χ1n) is 9.21. The highest BCUT2D eigenvalue weighted by Crippen LogP contribution is 2.17. The number of carbonyl (C=O) groups excluding carboxylic acids is 2. The number of hydrogen-bond acceptors (Lipinski definition) is 9. The number of nitro groups is 1. The number of aromatic nitrogens is 2. The molecule has 0 saturated carbocycles. The van der Waals surface area contributed by atoms with E-state index in [1.165, 1.54) is 61.2 Å². The largest absolute Gasteiger partial charge is 0.486 e. The average Bonchev–Trinajstić information content (AvgIpc) is 2.87. The van der Waals surface area contributed by atoms with Crippen LogP contribution in [0.2, 0.25) is 0 Å². The number of ether oxygens (including phenoxy) is 1. The van der Waals surface area contributed by atoms with Gasteiger partial charge in [-0.15, -0.1) is 0 Å². The first kappa shape index (κ1) is 24.4. The molecule has 2 heterocycles. The van der Waals surface area contributed by atoms with E-state index < -0.39 is 10.8 Å². The van der Waals surface area contributed by atoms with Crippen LogP contribution in [0.15, 0.2) is 78.4 Å². The van der Waals surface area contributed by atoms with Gasteiger partial charge in [0.2, 0.25) is 0 Å². The summed E-state index contributed by atoms with van der Waals surface area (Å²) in [6.07, 6.45) is 6.04. The van der Waals surface area contributed by atoms with Gasteiger partial charge >= 0.3 is 0 Å². The number of nitro benzene ring substituents is 1. The molecule has 6 N–H and O–H groups in total. The van der Waals surface area contributed by atoms with Gasteiger partial charge in [0, 0.05) is 48.0 Å². The zero-order chi connectivity index (χ0) is 24.1. The van der Waals surface area contributed by atoms with Crippen LogP contribution in [0.1, 0.15) is 20.7 Å². The van der Waals surface area contributed by atoms with E-state index in [1.807, 2.05) is 5.43 Å². The molecule has 13 nitrogen and oxygen atoms in total. The molecule has 2 aromatic heterocycles. The fourth-order valence-corrected chi connectivity index (χ4v) is 2.13.